The fraction of sp³-hybridized carbons (Fsp3) is 0.471. The van der Waals surface area contributed by atoms with Gasteiger partial charge >= 0.3 is 0 Å². The van der Waals surface area contributed by atoms with Crippen LogP contribution in [-0.4, -0.2) is 40.7 Å². The summed E-state index contributed by atoms with van der Waals surface area (Å²) in [6.45, 7) is 2.67. The van der Waals surface area contributed by atoms with Crippen LogP contribution in [0.3, 0.4) is 0 Å². The minimum absolute atomic E-state index is 0.0142. The van der Waals surface area contributed by atoms with E-state index in [9.17, 15) is 4.79 Å². The molecule has 0 N–H and O–H groups in total. The summed E-state index contributed by atoms with van der Waals surface area (Å²) in [5.41, 5.74) is 1.69. The van der Waals surface area contributed by atoms with E-state index in [4.69, 9.17) is 14.0 Å². The fourth-order valence-electron chi connectivity index (χ4n) is 3.13. The van der Waals surface area contributed by atoms with Crippen molar-refractivity contribution in [2.45, 2.75) is 26.0 Å². The third-order valence-electron chi connectivity index (χ3n) is 4.49. The van der Waals surface area contributed by atoms with E-state index in [-0.39, 0.29) is 18.4 Å². The van der Waals surface area contributed by atoms with E-state index in [2.05, 4.69) is 10.1 Å². The summed E-state index contributed by atoms with van der Waals surface area (Å²) in [5.74, 6) is 1.54. The maximum Gasteiger partial charge on any atom is 0.228 e. The number of ether oxygens (including phenoxy) is 2. The van der Waals surface area contributed by atoms with Gasteiger partial charge in [-0.15, -0.1) is 0 Å². The average molecular weight is 329 g/mol. The van der Waals surface area contributed by atoms with Crippen LogP contribution >= 0.6 is 0 Å². The van der Waals surface area contributed by atoms with Crippen molar-refractivity contribution in [3.05, 3.63) is 41.4 Å². The van der Waals surface area contributed by atoms with Gasteiger partial charge < -0.3 is 18.9 Å². The van der Waals surface area contributed by atoms with Crippen molar-refractivity contribution >= 4 is 5.91 Å². The number of amides is 1. The zero-order chi connectivity index (χ0) is 16.4. The Labute approximate surface area is 139 Å². The van der Waals surface area contributed by atoms with Crippen molar-refractivity contribution in [1.82, 2.24) is 15.0 Å². The molecular weight excluding hydrogens is 310 g/mol. The Morgan fingerprint density at radius 2 is 2.38 bits per heavy atom. The van der Waals surface area contributed by atoms with Crippen LogP contribution in [0.15, 0.2) is 28.9 Å². The quantitative estimate of drug-likeness (QED) is 0.847. The maximum absolute atomic E-state index is 12.6. The largest absolute Gasteiger partial charge is 0.471 e. The summed E-state index contributed by atoms with van der Waals surface area (Å²) in [6.07, 6.45) is 3.17. The van der Waals surface area contributed by atoms with Crippen molar-refractivity contribution in [1.29, 1.82) is 0 Å². The Hall–Kier alpha value is -2.41. The standard InChI is InChI=1S/C17H19N3O4/c21-17(12-5-8-22-10-12)20-7-4-15-13(9-20)14(19-24-15)11-23-16-3-1-2-6-18-16/h1-3,6,12H,4-5,7-11H2/t12-/m1/s1. The van der Waals surface area contributed by atoms with Gasteiger partial charge in [0.1, 0.15) is 18.1 Å². The first-order chi connectivity index (χ1) is 11.8. The first kappa shape index (κ1) is 15.1. The van der Waals surface area contributed by atoms with E-state index in [0.717, 1.165) is 23.4 Å². The third kappa shape index (κ3) is 2.99. The van der Waals surface area contributed by atoms with Crippen molar-refractivity contribution in [3.63, 3.8) is 0 Å². The summed E-state index contributed by atoms with van der Waals surface area (Å²) in [4.78, 5) is 18.6. The van der Waals surface area contributed by atoms with Crippen molar-refractivity contribution in [3.8, 4) is 5.88 Å². The van der Waals surface area contributed by atoms with Crippen LogP contribution in [0.4, 0.5) is 0 Å². The molecule has 126 valence electrons. The SMILES string of the molecule is O=C([C@@H]1CCOC1)N1CCc2onc(COc3ccccn3)c2C1. The highest BCUT2D eigenvalue weighted by atomic mass is 16.5. The lowest BCUT2D eigenvalue weighted by molar-refractivity contribution is -0.136. The van der Waals surface area contributed by atoms with Gasteiger partial charge in [-0.3, -0.25) is 4.79 Å². The van der Waals surface area contributed by atoms with Gasteiger partial charge in [0.2, 0.25) is 11.8 Å². The Morgan fingerprint density at radius 3 is 3.17 bits per heavy atom. The van der Waals surface area contributed by atoms with Crippen LogP contribution in [0.2, 0.25) is 0 Å². The summed E-state index contributed by atoms with van der Waals surface area (Å²) in [7, 11) is 0. The number of nitrogens with zero attached hydrogens (tertiary/aromatic N) is 3. The van der Waals surface area contributed by atoms with Crippen LogP contribution < -0.4 is 4.74 Å². The van der Waals surface area contributed by atoms with Gasteiger partial charge in [-0.2, -0.15) is 0 Å². The molecule has 1 fully saturated rings. The summed E-state index contributed by atoms with van der Waals surface area (Å²) >= 11 is 0. The van der Waals surface area contributed by atoms with Gasteiger partial charge in [-0.1, -0.05) is 11.2 Å². The summed E-state index contributed by atoms with van der Waals surface area (Å²) in [6, 6.07) is 5.49. The Balaban J connectivity index is 1.44. The lowest BCUT2D eigenvalue weighted by atomic mass is 10.0. The number of hydrogen-bond acceptors (Lipinski definition) is 6. The molecule has 2 aromatic heterocycles. The van der Waals surface area contributed by atoms with Gasteiger partial charge in [-0.25, -0.2) is 4.98 Å². The molecule has 1 amide bonds. The minimum Gasteiger partial charge on any atom is -0.471 e. The number of pyridine rings is 1. The summed E-state index contributed by atoms with van der Waals surface area (Å²) in [5, 5.41) is 4.11. The maximum atomic E-state index is 12.6. The number of rotatable bonds is 4. The molecule has 2 aliphatic heterocycles. The van der Waals surface area contributed by atoms with E-state index in [1.54, 1.807) is 12.3 Å². The van der Waals surface area contributed by atoms with Crippen LogP contribution in [0.25, 0.3) is 0 Å². The van der Waals surface area contributed by atoms with Gasteiger partial charge in [-0.05, 0) is 12.5 Å². The highest BCUT2D eigenvalue weighted by molar-refractivity contribution is 5.79. The van der Waals surface area contributed by atoms with E-state index >= 15 is 0 Å². The molecule has 7 heteroatoms. The number of hydrogen-bond donors (Lipinski definition) is 0. The average Bonchev–Trinajstić information content (AvgIpc) is 3.30. The molecule has 24 heavy (non-hydrogen) atoms. The molecule has 4 heterocycles. The molecule has 0 radical (unpaired) electrons. The second kappa shape index (κ2) is 6.60. The molecule has 0 bridgehead atoms. The molecule has 0 aromatic carbocycles. The van der Waals surface area contributed by atoms with Crippen LogP contribution in [0.1, 0.15) is 23.4 Å². The molecule has 1 atom stereocenters. The lowest BCUT2D eigenvalue weighted by Gasteiger charge is -2.28. The zero-order valence-corrected chi connectivity index (χ0v) is 13.3. The second-order valence-electron chi connectivity index (χ2n) is 6.06. The molecule has 7 nitrogen and oxygen atoms in total. The molecule has 4 rings (SSSR count). The number of carbonyl (C=O) groups is 1. The first-order valence-electron chi connectivity index (χ1n) is 8.18. The Bertz CT molecular complexity index is 710. The monoisotopic (exact) mass is 329 g/mol. The zero-order valence-electron chi connectivity index (χ0n) is 13.3. The minimum atomic E-state index is -0.0142. The van der Waals surface area contributed by atoms with Crippen molar-refractivity contribution < 1.29 is 18.8 Å². The highest BCUT2D eigenvalue weighted by Gasteiger charge is 2.32. The Morgan fingerprint density at radius 1 is 1.42 bits per heavy atom. The van der Waals surface area contributed by atoms with Crippen molar-refractivity contribution in [2.24, 2.45) is 5.92 Å². The van der Waals surface area contributed by atoms with E-state index in [0.29, 0.717) is 38.6 Å². The smallest absolute Gasteiger partial charge is 0.228 e. The molecule has 0 unspecified atom stereocenters. The Kier molecular flexibility index (Phi) is 4.17. The van der Waals surface area contributed by atoms with Crippen LogP contribution in [0, 0.1) is 5.92 Å². The molecule has 2 aromatic rings. The molecule has 2 aliphatic rings. The number of carbonyl (C=O) groups excluding carboxylic acids is 1. The number of aromatic nitrogens is 2. The molecular formula is C17H19N3O4. The predicted molar refractivity (Wildman–Crippen MR) is 83.1 cm³/mol. The number of fused-ring (bicyclic) bond motifs is 1. The van der Waals surface area contributed by atoms with Crippen molar-refractivity contribution in [2.75, 3.05) is 19.8 Å². The van der Waals surface area contributed by atoms with Crippen LogP contribution in [0.5, 0.6) is 5.88 Å². The van der Waals surface area contributed by atoms with Gasteiger partial charge in [0.15, 0.2) is 0 Å². The predicted octanol–water partition coefficient (Wildman–Crippen LogP) is 1.57. The van der Waals surface area contributed by atoms with E-state index < -0.39 is 0 Å². The normalized spacial score (nSPS) is 20.0. The van der Waals surface area contributed by atoms with E-state index in [1.165, 1.54) is 0 Å². The molecule has 0 saturated carbocycles. The van der Waals surface area contributed by atoms with Gasteiger partial charge in [0, 0.05) is 37.4 Å². The highest BCUT2D eigenvalue weighted by Crippen LogP contribution is 2.26. The molecule has 0 aliphatic carbocycles. The molecule has 1 saturated heterocycles. The van der Waals surface area contributed by atoms with Gasteiger partial charge in [0.05, 0.1) is 19.1 Å². The first-order valence-corrected chi connectivity index (χ1v) is 8.18. The van der Waals surface area contributed by atoms with E-state index in [1.807, 2.05) is 17.0 Å². The van der Waals surface area contributed by atoms with Crippen LogP contribution in [-0.2, 0) is 29.1 Å². The lowest BCUT2D eigenvalue weighted by Crippen LogP contribution is -2.40. The second-order valence-corrected chi connectivity index (χ2v) is 6.06. The summed E-state index contributed by atoms with van der Waals surface area (Å²) < 4.78 is 16.4. The fourth-order valence-corrected chi connectivity index (χ4v) is 3.13. The molecule has 0 spiro atoms. The third-order valence-corrected chi connectivity index (χ3v) is 4.49. The topological polar surface area (TPSA) is 77.7 Å². The van der Waals surface area contributed by atoms with Gasteiger partial charge in [0.25, 0.3) is 0 Å².